The summed E-state index contributed by atoms with van der Waals surface area (Å²) in [6.45, 7) is 4.18. The lowest BCUT2D eigenvalue weighted by molar-refractivity contribution is -0.134. The van der Waals surface area contributed by atoms with E-state index in [1.165, 1.54) is 19.3 Å². The van der Waals surface area contributed by atoms with E-state index >= 15 is 0 Å². The lowest BCUT2D eigenvalue weighted by Gasteiger charge is -2.38. The van der Waals surface area contributed by atoms with Gasteiger partial charge in [-0.15, -0.1) is 0 Å². The SMILES string of the molecule is CCCN(CC(=O)N1CCn2cccc2C1c1ccccc1)C(=O)NC1CCCCC1. The first kappa shape index (κ1) is 21.5. The van der Waals surface area contributed by atoms with E-state index in [2.05, 4.69) is 34.3 Å². The third-order valence-electron chi connectivity index (χ3n) is 6.51. The van der Waals surface area contributed by atoms with Crippen molar-refractivity contribution in [2.24, 2.45) is 0 Å². The van der Waals surface area contributed by atoms with Crippen molar-refractivity contribution in [3.8, 4) is 0 Å². The molecule has 0 spiro atoms. The zero-order valence-corrected chi connectivity index (χ0v) is 18.5. The summed E-state index contributed by atoms with van der Waals surface area (Å²) in [5, 5.41) is 3.18. The number of fused-ring (bicyclic) bond motifs is 1. The highest BCUT2D eigenvalue weighted by Crippen LogP contribution is 2.32. The van der Waals surface area contributed by atoms with Crippen LogP contribution in [0.5, 0.6) is 0 Å². The van der Waals surface area contributed by atoms with Gasteiger partial charge in [0, 0.05) is 37.6 Å². The molecule has 4 rings (SSSR count). The minimum absolute atomic E-state index is 0.00791. The maximum Gasteiger partial charge on any atom is 0.318 e. The molecule has 6 nitrogen and oxygen atoms in total. The topological polar surface area (TPSA) is 57.6 Å². The van der Waals surface area contributed by atoms with Gasteiger partial charge in [0.15, 0.2) is 0 Å². The summed E-state index contributed by atoms with van der Waals surface area (Å²) < 4.78 is 2.22. The lowest BCUT2D eigenvalue weighted by atomic mass is 9.96. The predicted octanol–water partition coefficient (Wildman–Crippen LogP) is 4.17. The van der Waals surface area contributed by atoms with Gasteiger partial charge in [0.25, 0.3) is 0 Å². The van der Waals surface area contributed by atoms with E-state index in [1.807, 2.05) is 36.1 Å². The van der Waals surface area contributed by atoms with Crippen molar-refractivity contribution >= 4 is 11.9 Å². The first-order valence-corrected chi connectivity index (χ1v) is 11.7. The number of nitrogens with one attached hydrogen (secondary N) is 1. The average molecular weight is 423 g/mol. The molecule has 2 aliphatic rings. The van der Waals surface area contributed by atoms with Gasteiger partial charge in [-0.1, -0.05) is 56.5 Å². The number of amides is 3. The Labute approximate surface area is 185 Å². The normalized spacial score (nSPS) is 19.0. The van der Waals surface area contributed by atoms with Gasteiger partial charge in [-0.3, -0.25) is 4.79 Å². The van der Waals surface area contributed by atoms with Gasteiger partial charge in [-0.05, 0) is 37.0 Å². The summed E-state index contributed by atoms with van der Waals surface area (Å²) in [6, 6.07) is 14.3. The standard InChI is InChI=1S/C25H34N4O2/c1-2-15-28(25(31)26-21-12-7-4-8-13-21)19-23(30)29-18-17-27-16-9-14-22(27)24(29)20-10-5-3-6-11-20/h3,5-6,9-11,14,16,21,24H,2,4,7-8,12-13,15,17-19H2,1H3,(H,26,31). The molecule has 1 aromatic heterocycles. The summed E-state index contributed by atoms with van der Waals surface area (Å²) in [7, 11) is 0. The van der Waals surface area contributed by atoms with Crippen LogP contribution in [-0.4, -0.2) is 52.0 Å². The third kappa shape index (κ3) is 4.94. The number of carbonyl (C=O) groups is 2. The van der Waals surface area contributed by atoms with E-state index in [9.17, 15) is 9.59 Å². The molecule has 2 aromatic rings. The van der Waals surface area contributed by atoms with Crippen molar-refractivity contribution < 1.29 is 9.59 Å². The number of rotatable bonds is 6. The van der Waals surface area contributed by atoms with E-state index in [0.717, 1.165) is 37.1 Å². The van der Waals surface area contributed by atoms with Crippen LogP contribution in [0.3, 0.4) is 0 Å². The summed E-state index contributed by atoms with van der Waals surface area (Å²) in [6.07, 6.45) is 8.58. The van der Waals surface area contributed by atoms with Gasteiger partial charge in [-0.2, -0.15) is 0 Å². The van der Waals surface area contributed by atoms with E-state index in [4.69, 9.17) is 0 Å². The van der Waals surface area contributed by atoms with E-state index in [-0.39, 0.29) is 30.6 Å². The second-order valence-corrected chi connectivity index (χ2v) is 8.73. The number of carbonyl (C=O) groups excluding carboxylic acids is 2. The van der Waals surface area contributed by atoms with Crippen LogP contribution in [0.2, 0.25) is 0 Å². The molecule has 1 saturated carbocycles. The quantitative estimate of drug-likeness (QED) is 0.759. The van der Waals surface area contributed by atoms with Gasteiger partial charge in [0.05, 0.1) is 6.04 Å². The molecule has 6 heteroatoms. The minimum atomic E-state index is -0.123. The van der Waals surface area contributed by atoms with Crippen LogP contribution in [0.1, 0.15) is 62.7 Å². The van der Waals surface area contributed by atoms with E-state index < -0.39 is 0 Å². The molecule has 31 heavy (non-hydrogen) atoms. The van der Waals surface area contributed by atoms with Gasteiger partial charge in [-0.25, -0.2) is 4.79 Å². The van der Waals surface area contributed by atoms with Crippen LogP contribution in [0.4, 0.5) is 4.79 Å². The maximum atomic E-state index is 13.5. The molecule has 0 radical (unpaired) electrons. The molecule has 1 fully saturated rings. The molecule has 0 bridgehead atoms. The zero-order valence-electron chi connectivity index (χ0n) is 18.5. The Kier molecular flexibility index (Phi) is 6.95. The van der Waals surface area contributed by atoms with Gasteiger partial charge in [0.2, 0.25) is 5.91 Å². The Morgan fingerprint density at radius 3 is 2.55 bits per heavy atom. The van der Waals surface area contributed by atoms with Crippen LogP contribution < -0.4 is 5.32 Å². The molecular formula is C25H34N4O2. The number of hydrogen-bond acceptors (Lipinski definition) is 2. The molecule has 0 saturated heterocycles. The molecular weight excluding hydrogens is 388 g/mol. The van der Waals surface area contributed by atoms with Crippen molar-refractivity contribution in [3.63, 3.8) is 0 Å². The maximum absolute atomic E-state index is 13.5. The Bertz CT molecular complexity index is 873. The molecule has 3 amide bonds. The summed E-state index contributed by atoms with van der Waals surface area (Å²) in [5.41, 5.74) is 2.23. The minimum Gasteiger partial charge on any atom is -0.348 e. The molecule has 1 aromatic carbocycles. The van der Waals surface area contributed by atoms with Gasteiger partial charge in [0.1, 0.15) is 6.54 Å². The predicted molar refractivity (Wildman–Crippen MR) is 122 cm³/mol. The van der Waals surface area contributed by atoms with Crippen LogP contribution >= 0.6 is 0 Å². The number of aromatic nitrogens is 1. The van der Waals surface area contributed by atoms with E-state index in [1.54, 1.807) is 4.90 Å². The lowest BCUT2D eigenvalue weighted by Crippen LogP contribution is -2.51. The van der Waals surface area contributed by atoms with Crippen LogP contribution in [0.25, 0.3) is 0 Å². The van der Waals surface area contributed by atoms with Crippen LogP contribution in [-0.2, 0) is 11.3 Å². The Hall–Kier alpha value is -2.76. The van der Waals surface area contributed by atoms with Crippen LogP contribution in [0.15, 0.2) is 48.7 Å². The molecule has 166 valence electrons. The fourth-order valence-corrected chi connectivity index (χ4v) is 4.93. The highest BCUT2D eigenvalue weighted by atomic mass is 16.2. The van der Waals surface area contributed by atoms with Crippen LogP contribution in [0, 0.1) is 0 Å². The third-order valence-corrected chi connectivity index (χ3v) is 6.51. The molecule has 2 heterocycles. The number of nitrogens with zero attached hydrogens (tertiary/aromatic N) is 3. The summed E-state index contributed by atoms with van der Waals surface area (Å²) in [4.78, 5) is 30.1. The Balaban J connectivity index is 1.50. The van der Waals surface area contributed by atoms with Crippen molar-refractivity contribution in [1.82, 2.24) is 19.7 Å². The largest absolute Gasteiger partial charge is 0.348 e. The second-order valence-electron chi connectivity index (χ2n) is 8.73. The monoisotopic (exact) mass is 422 g/mol. The molecule has 1 aliphatic carbocycles. The van der Waals surface area contributed by atoms with E-state index in [0.29, 0.717) is 13.1 Å². The Morgan fingerprint density at radius 2 is 1.81 bits per heavy atom. The van der Waals surface area contributed by atoms with Crippen molar-refractivity contribution in [1.29, 1.82) is 0 Å². The molecule has 1 N–H and O–H groups in total. The average Bonchev–Trinajstić information content (AvgIpc) is 3.28. The smallest absolute Gasteiger partial charge is 0.318 e. The van der Waals surface area contributed by atoms with Crippen molar-refractivity contribution in [3.05, 3.63) is 59.9 Å². The zero-order chi connectivity index (χ0) is 21.6. The number of hydrogen-bond donors (Lipinski definition) is 1. The van der Waals surface area contributed by atoms with Crippen molar-refractivity contribution in [2.45, 2.75) is 64.1 Å². The first-order valence-electron chi connectivity index (χ1n) is 11.7. The first-order chi connectivity index (χ1) is 15.2. The van der Waals surface area contributed by atoms with Gasteiger partial charge >= 0.3 is 6.03 Å². The second kappa shape index (κ2) is 10.0. The fourth-order valence-electron chi connectivity index (χ4n) is 4.93. The molecule has 1 aliphatic heterocycles. The van der Waals surface area contributed by atoms with Gasteiger partial charge < -0.3 is 19.7 Å². The summed E-state index contributed by atoms with van der Waals surface area (Å²) >= 11 is 0. The molecule has 1 atom stereocenters. The molecule has 1 unspecified atom stereocenters. The fraction of sp³-hybridized carbons (Fsp3) is 0.520. The Morgan fingerprint density at radius 1 is 1.03 bits per heavy atom. The number of benzene rings is 1. The van der Waals surface area contributed by atoms with Crippen molar-refractivity contribution in [2.75, 3.05) is 19.6 Å². The highest BCUT2D eigenvalue weighted by molar-refractivity contribution is 5.85. The highest BCUT2D eigenvalue weighted by Gasteiger charge is 2.33. The summed E-state index contributed by atoms with van der Waals surface area (Å²) in [5.74, 6) is 0.00791. The number of urea groups is 1.